The summed E-state index contributed by atoms with van der Waals surface area (Å²) in [6, 6.07) is 3.88. The molecule has 0 aromatic carbocycles. The molecule has 1 aromatic heterocycles. The molecule has 0 aliphatic heterocycles. The first-order chi connectivity index (χ1) is 6.08. The highest BCUT2D eigenvalue weighted by molar-refractivity contribution is 5.06. The van der Waals surface area contributed by atoms with Crippen molar-refractivity contribution in [3.8, 4) is 0 Å². The van der Waals surface area contributed by atoms with Crippen LogP contribution in [0.3, 0.4) is 0 Å². The molecule has 13 heavy (non-hydrogen) atoms. The summed E-state index contributed by atoms with van der Waals surface area (Å²) in [7, 11) is 0. The summed E-state index contributed by atoms with van der Waals surface area (Å²) in [4.78, 5) is 3.99. The molecule has 0 aliphatic carbocycles. The Bertz CT molecular complexity index is 241. The van der Waals surface area contributed by atoms with Crippen LogP contribution in [0.2, 0.25) is 0 Å². The maximum Gasteiger partial charge on any atom is 0.0732 e. The smallest absolute Gasteiger partial charge is 0.0732 e. The Morgan fingerprint density at radius 3 is 2.85 bits per heavy atom. The highest BCUT2D eigenvalue weighted by atomic mass is 16.5. The molecule has 0 atom stereocenters. The van der Waals surface area contributed by atoms with Gasteiger partial charge in [0.25, 0.3) is 0 Å². The lowest BCUT2D eigenvalue weighted by Gasteiger charge is -2.17. The molecule has 0 aliphatic rings. The van der Waals surface area contributed by atoms with Crippen LogP contribution >= 0.6 is 0 Å². The van der Waals surface area contributed by atoms with Crippen LogP contribution in [0.25, 0.3) is 0 Å². The molecule has 0 amide bonds. The molecule has 0 radical (unpaired) electrons. The average Bonchev–Trinajstić information content (AvgIpc) is 2.04. The van der Waals surface area contributed by atoms with Crippen molar-refractivity contribution in [2.75, 3.05) is 6.61 Å². The van der Waals surface area contributed by atoms with Gasteiger partial charge in [-0.15, -0.1) is 0 Å². The monoisotopic (exact) mass is 180 g/mol. The fraction of sp³-hybridized carbons (Fsp3) is 0.500. The molecule has 0 saturated carbocycles. The topological polar surface area (TPSA) is 48.1 Å². The second-order valence-electron chi connectivity index (χ2n) is 3.84. The first-order valence-corrected chi connectivity index (χ1v) is 4.33. The zero-order valence-corrected chi connectivity index (χ0v) is 8.16. The van der Waals surface area contributed by atoms with Gasteiger partial charge in [0.1, 0.15) is 0 Å². The zero-order valence-electron chi connectivity index (χ0n) is 8.16. The number of pyridine rings is 1. The van der Waals surface area contributed by atoms with Crippen LogP contribution in [-0.2, 0) is 11.3 Å². The molecular formula is C10H16N2O. The van der Waals surface area contributed by atoms with E-state index in [-0.39, 0.29) is 5.54 Å². The Labute approximate surface area is 78.9 Å². The van der Waals surface area contributed by atoms with E-state index in [9.17, 15) is 0 Å². The molecule has 0 fully saturated rings. The first-order valence-electron chi connectivity index (χ1n) is 4.33. The SMILES string of the molecule is CC(C)(N)COCc1cccnc1. The Hall–Kier alpha value is -0.930. The third-order valence-corrected chi connectivity index (χ3v) is 1.47. The Morgan fingerprint density at radius 2 is 2.31 bits per heavy atom. The Kier molecular flexibility index (Phi) is 3.39. The number of hydrogen-bond donors (Lipinski definition) is 1. The summed E-state index contributed by atoms with van der Waals surface area (Å²) in [5, 5.41) is 0. The van der Waals surface area contributed by atoms with Crippen molar-refractivity contribution in [2.45, 2.75) is 26.0 Å². The number of ether oxygens (including phenoxy) is 1. The minimum absolute atomic E-state index is 0.262. The molecule has 1 heterocycles. The summed E-state index contributed by atoms with van der Waals surface area (Å²) in [5.74, 6) is 0. The number of rotatable bonds is 4. The lowest BCUT2D eigenvalue weighted by atomic mass is 10.1. The van der Waals surface area contributed by atoms with E-state index in [4.69, 9.17) is 10.5 Å². The van der Waals surface area contributed by atoms with E-state index in [0.717, 1.165) is 5.56 Å². The van der Waals surface area contributed by atoms with Crippen molar-refractivity contribution < 1.29 is 4.74 Å². The molecule has 0 unspecified atom stereocenters. The fourth-order valence-electron chi connectivity index (χ4n) is 0.915. The molecule has 1 rings (SSSR count). The molecule has 0 bridgehead atoms. The van der Waals surface area contributed by atoms with Gasteiger partial charge in [-0.2, -0.15) is 0 Å². The minimum atomic E-state index is -0.262. The van der Waals surface area contributed by atoms with Crippen LogP contribution in [-0.4, -0.2) is 17.1 Å². The van der Waals surface area contributed by atoms with Crippen molar-refractivity contribution in [2.24, 2.45) is 5.73 Å². The van der Waals surface area contributed by atoms with Gasteiger partial charge in [0, 0.05) is 17.9 Å². The van der Waals surface area contributed by atoms with Gasteiger partial charge in [-0.25, -0.2) is 0 Å². The van der Waals surface area contributed by atoms with E-state index in [1.165, 1.54) is 0 Å². The Morgan fingerprint density at radius 1 is 1.54 bits per heavy atom. The fourth-order valence-corrected chi connectivity index (χ4v) is 0.915. The quantitative estimate of drug-likeness (QED) is 0.760. The van der Waals surface area contributed by atoms with Gasteiger partial charge in [0.2, 0.25) is 0 Å². The summed E-state index contributed by atoms with van der Waals surface area (Å²) in [6.07, 6.45) is 3.54. The second-order valence-corrected chi connectivity index (χ2v) is 3.84. The Balaban J connectivity index is 2.29. The summed E-state index contributed by atoms with van der Waals surface area (Å²) in [5.41, 5.74) is 6.57. The van der Waals surface area contributed by atoms with Gasteiger partial charge in [0.15, 0.2) is 0 Å². The molecule has 3 heteroatoms. The predicted octanol–water partition coefficient (Wildman–Crippen LogP) is 1.34. The number of nitrogens with zero attached hydrogens (tertiary/aromatic N) is 1. The van der Waals surface area contributed by atoms with E-state index in [1.807, 2.05) is 26.0 Å². The van der Waals surface area contributed by atoms with Gasteiger partial charge in [0.05, 0.1) is 13.2 Å². The third-order valence-electron chi connectivity index (χ3n) is 1.47. The molecule has 0 saturated heterocycles. The van der Waals surface area contributed by atoms with Gasteiger partial charge < -0.3 is 10.5 Å². The molecule has 72 valence electrons. The molecular weight excluding hydrogens is 164 g/mol. The van der Waals surface area contributed by atoms with Crippen LogP contribution in [0.15, 0.2) is 24.5 Å². The third kappa shape index (κ3) is 4.60. The molecule has 1 aromatic rings. The van der Waals surface area contributed by atoms with Gasteiger partial charge in [-0.05, 0) is 25.5 Å². The molecule has 2 N–H and O–H groups in total. The number of hydrogen-bond acceptors (Lipinski definition) is 3. The standard InChI is InChI=1S/C10H16N2O/c1-10(2,11)8-13-7-9-4-3-5-12-6-9/h3-6H,7-8,11H2,1-2H3. The largest absolute Gasteiger partial charge is 0.375 e. The summed E-state index contributed by atoms with van der Waals surface area (Å²) >= 11 is 0. The van der Waals surface area contributed by atoms with Crippen LogP contribution in [0, 0.1) is 0 Å². The maximum atomic E-state index is 5.76. The van der Waals surface area contributed by atoms with Crippen molar-refractivity contribution in [1.29, 1.82) is 0 Å². The van der Waals surface area contributed by atoms with Crippen molar-refractivity contribution >= 4 is 0 Å². The molecule has 0 spiro atoms. The normalized spacial score (nSPS) is 11.6. The van der Waals surface area contributed by atoms with E-state index < -0.39 is 0 Å². The average molecular weight is 180 g/mol. The molecule has 3 nitrogen and oxygen atoms in total. The van der Waals surface area contributed by atoms with Crippen LogP contribution in [0.5, 0.6) is 0 Å². The lowest BCUT2D eigenvalue weighted by Crippen LogP contribution is -2.37. The van der Waals surface area contributed by atoms with E-state index in [0.29, 0.717) is 13.2 Å². The maximum absolute atomic E-state index is 5.76. The number of nitrogens with two attached hydrogens (primary N) is 1. The lowest BCUT2D eigenvalue weighted by molar-refractivity contribution is 0.0849. The van der Waals surface area contributed by atoms with E-state index in [1.54, 1.807) is 12.4 Å². The first kappa shape index (κ1) is 10.2. The van der Waals surface area contributed by atoms with Gasteiger partial charge in [-0.3, -0.25) is 4.98 Å². The van der Waals surface area contributed by atoms with Crippen molar-refractivity contribution in [3.05, 3.63) is 30.1 Å². The number of aromatic nitrogens is 1. The predicted molar refractivity (Wildman–Crippen MR) is 52.2 cm³/mol. The van der Waals surface area contributed by atoms with Crippen LogP contribution < -0.4 is 5.73 Å². The second kappa shape index (κ2) is 4.35. The highest BCUT2D eigenvalue weighted by Gasteiger charge is 2.09. The van der Waals surface area contributed by atoms with Crippen LogP contribution in [0.1, 0.15) is 19.4 Å². The van der Waals surface area contributed by atoms with Crippen LogP contribution in [0.4, 0.5) is 0 Å². The van der Waals surface area contributed by atoms with E-state index in [2.05, 4.69) is 4.98 Å². The van der Waals surface area contributed by atoms with Crippen molar-refractivity contribution in [1.82, 2.24) is 4.98 Å². The van der Waals surface area contributed by atoms with Gasteiger partial charge in [-0.1, -0.05) is 6.07 Å². The summed E-state index contributed by atoms with van der Waals surface area (Å²) < 4.78 is 5.42. The summed E-state index contributed by atoms with van der Waals surface area (Å²) in [6.45, 7) is 5.02. The van der Waals surface area contributed by atoms with Crippen molar-refractivity contribution in [3.63, 3.8) is 0 Å². The minimum Gasteiger partial charge on any atom is -0.375 e. The highest BCUT2D eigenvalue weighted by Crippen LogP contribution is 2.02. The zero-order chi connectivity index (χ0) is 9.73. The van der Waals surface area contributed by atoms with E-state index >= 15 is 0 Å². The van der Waals surface area contributed by atoms with Gasteiger partial charge >= 0.3 is 0 Å².